The quantitative estimate of drug-likeness (QED) is 0.787. The number of rotatable bonds is 5. The van der Waals surface area contributed by atoms with E-state index in [0.29, 0.717) is 13.0 Å². The van der Waals surface area contributed by atoms with Gasteiger partial charge in [0.2, 0.25) is 5.91 Å². The van der Waals surface area contributed by atoms with Crippen molar-refractivity contribution >= 4 is 27.5 Å². The molecule has 0 saturated carbocycles. The molecule has 0 aliphatic rings. The third-order valence-corrected chi connectivity index (χ3v) is 4.35. The lowest BCUT2D eigenvalue weighted by Gasteiger charge is -2.08. The van der Waals surface area contributed by atoms with Gasteiger partial charge in [0.15, 0.2) is 0 Å². The molecule has 4 nitrogen and oxygen atoms in total. The fraction of sp³-hybridized carbons (Fsp3) is 0.176. The monoisotopic (exact) mass is 312 g/mol. The van der Waals surface area contributed by atoms with Crippen molar-refractivity contribution in [3.63, 3.8) is 0 Å². The summed E-state index contributed by atoms with van der Waals surface area (Å²) in [5.41, 5.74) is 1.85. The van der Waals surface area contributed by atoms with E-state index >= 15 is 0 Å². The minimum atomic E-state index is -0.0382. The standard InChI is InChI=1S/C17H16N2O2S/c1-21-14-8-4-2-6-12(14)10-16(20)18-11-17-19-13-7-3-5-9-15(13)22-17/h2-9H,10-11H2,1H3,(H,18,20). The summed E-state index contributed by atoms with van der Waals surface area (Å²) in [6.45, 7) is 0.452. The van der Waals surface area contributed by atoms with E-state index in [0.717, 1.165) is 26.5 Å². The van der Waals surface area contributed by atoms with Crippen molar-refractivity contribution in [2.45, 2.75) is 13.0 Å². The Bertz CT molecular complexity index is 765. The van der Waals surface area contributed by atoms with Crippen LogP contribution in [0.15, 0.2) is 48.5 Å². The molecule has 0 spiro atoms. The lowest BCUT2D eigenvalue weighted by Crippen LogP contribution is -2.24. The fourth-order valence-electron chi connectivity index (χ4n) is 2.25. The molecule has 0 bridgehead atoms. The van der Waals surface area contributed by atoms with Crippen LogP contribution in [0.2, 0.25) is 0 Å². The molecule has 1 amide bonds. The van der Waals surface area contributed by atoms with Crippen molar-refractivity contribution in [2.75, 3.05) is 7.11 Å². The highest BCUT2D eigenvalue weighted by Crippen LogP contribution is 2.21. The summed E-state index contributed by atoms with van der Waals surface area (Å²) < 4.78 is 6.39. The molecule has 0 saturated heterocycles. The van der Waals surface area contributed by atoms with E-state index in [1.165, 1.54) is 0 Å². The van der Waals surface area contributed by atoms with Crippen molar-refractivity contribution in [3.8, 4) is 5.75 Å². The van der Waals surface area contributed by atoms with Gasteiger partial charge in [-0.3, -0.25) is 4.79 Å². The van der Waals surface area contributed by atoms with E-state index in [1.807, 2.05) is 48.5 Å². The normalized spacial score (nSPS) is 10.6. The number of hydrogen-bond donors (Lipinski definition) is 1. The molecule has 0 fully saturated rings. The van der Waals surface area contributed by atoms with Gasteiger partial charge in [-0.25, -0.2) is 4.98 Å². The van der Waals surface area contributed by atoms with Crippen LogP contribution < -0.4 is 10.1 Å². The molecule has 0 radical (unpaired) electrons. The first-order chi connectivity index (χ1) is 10.8. The largest absolute Gasteiger partial charge is 0.496 e. The predicted molar refractivity (Wildman–Crippen MR) is 88.2 cm³/mol. The van der Waals surface area contributed by atoms with Gasteiger partial charge in [-0.1, -0.05) is 30.3 Å². The number of thiazole rings is 1. The number of benzene rings is 2. The Morgan fingerprint density at radius 3 is 2.77 bits per heavy atom. The summed E-state index contributed by atoms with van der Waals surface area (Å²) in [4.78, 5) is 16.6. The maximum atomic E-state index is 12.1. The van der Waals surface area contributed by atoms with Crippen LogP contribution >= 0.6 is 11.3 Å². The van der Waals surface area contributed by atoms with Gasteiger partial charge >= 0.3 is 0 Å². The molecule has 22 heavy (non-hydrogen) atoms. The van der Waals surface area contributed by atoms with Crippen LogP contribution in [-0.2, 0) is 17.8 Å². The highest BCUT2D eigenvalue weighted by molar-refractivity contribution is 7.18. The molecule has 112 valence electrons. The predicted octanol–water partition coefficient (Wildman–Crippen LogP) is 3.16. The van der Waals surface area contributed by atoms with Crippen molar-refractivity contribution in [1.82, 2.24) is 10.3 Å². The maximum absolute atomic E-state index is 12.1. The number of carbonyl (C=O) groups excluding carboxylic acids is 1. The number of amides is 1. The Hall–Kier alpha value is -2.40. The van der Waals surface area contributed by atoms with Gasteiger partial charge in [-0.2, -0.15) is 0 Å². The lowest BCUT2D eigenvalue weighted by atomic mass is 10.1. The second kappa shape index (κ2) is 6.58. The summed E-state index contributed by atoms with van der Waals surface area (Å²) in [7, 11) is 1.61. The Morgan fingerprint density at radius 2 is 1.95 bits per heavy atom. The third kappa shape index (κ3) is 3.26. The third-order valence-electron chi connectivity index (χ3n) is 3.32. The van der Waals surface area contributed by atoms with Crippen LogP contribution in [0.3, 0.4) is 0 Å². The van der Waals surface area contributed by atoms with Crippen molar-refractivity contribution < 1.29 is 9.53 Å². The Labute approximate surface area is 132 Å². The number of carbonyl (C=O) groups is 1. The average Bonchev–Trinajstić information content (AvgIpc) is 2.96. The first-order valence-corrected chi connectivity index (χ1v) is 7.81. The average molecular weight is 312 g/mol. The minimum Gasteiger partial charge on any atom is -0.496 e. The number of methoxy groups -OCH3 is 1. The van der Waals surface area contributed by atoms with E-state index in [2.05, 4.69) is 10.3 Å². The lowest BCUT2D eigenvalue weighted by molar-refractivity contribution is -0.120. The summed E-state index contributed by atoms with van der Waals surface area (Å²) in [5.74, 6) is 0.696. The molecular formula is C17H16N2O2S. The number of nitrogens with zero attached hydrogens (tertiary/aromatic N) is 1. The number of aromatic nitrogens is 1. The second-order valence-corrected chi connectivity index (χ2v) is 5.96. The van der Waals surface area contributed by atoms with Crippen molar-refractivity contribution in [2.24, 2.45) is 0 Å². The number of para-hydroxylation sites is 2. The fourth-order valence-corrected chi connectivity index (χ4v) is 3.16. The van der Waals surface area contributed by atoms with Crippen molar-refractivity contribution in [1.29, 1.82) is 0 Å². The SMILES string of the molecule is COc1ccccc1CC(=O)NCc1nc2ccccc2s1. The Kier molecular flexibility index (Phi) is 4.34. The van der Waals surface area contributed by atoms with Gasteiger partial charge in [0.05, 0.1) is 30.3 Å². The van der Waals surface area contributed by atoms with Crippen LogP contribution in [0.4, 0.5) is 0 Å². The zero-order valence-corrected chi connectivity index (χ0v) is 13.0. The summed E-state index contributed by atoms with van der Waals surface area (Å²) in [6, 6.07) is 15.5. The van der Waals surface area contributed by atoms with Gasteiger partial charge in [0, 0.05) is 5.56 Å². The molecule has 3 aromatic rings. The number of fused-ring (bicyclic) bond motifs is 1. The molecule has 3 rings (SSSR count). The van der Waals surface area contributed by atoms with E-state index in [9.17, 15) is 4.79 Å². The zero-order chi connectivity index (χ0) is 15.4. The minimum absolute atomic E-state index is 0.0382. The maximum Gasteiger partial charge on any atom is 0.224 e. The van der Waals surface area contributed by atoms with E-state index < -0.39 is 0 Å². The van der Waals surface area contributed by atoms with Gasteiger partial charge in [0.25, 0.3) is 0 Å². The number of hydrogen-bond acceptors (Lipinski definition) is 4. The molecule has 2 aromatic carbocycles. The molecule has 0 atom stereocenters. The molecular weight excluding hydrogens is 296 g/mol. The van der Waals surface area contributed by atoms with E-state index in [-0.39, 0.29) is 5.91 Å². The Morgan fingerprint density at radius 1 is 1.18 bits per heavy atom. The molecule has 0 aliphatic carbocycles. The highest BCUT2D eigenvalue weighted by Gasteiger charge is 2.09. The molecule has 5 heteroatoms. The molecule has 0 aliphatic heterocycles. The zero-order valence-electron chi connectivity index (χ0n) is 12.2. The highest BCUT2D eigenvalue weighted by atomic mass is 32.1. The summed E-state index contributed by atoms with van der Waals surface area (Å²) in [6.07, 6.45) is 0.301. The van der Waals surface area contributed by atoms with E-state index in [4.69, 9.17) is 4.74 Å². The van der Waals surface area contributed by atoms with Crippen molar-refractivity contribution in [3.05, 3.63) is 59.1 Å². The van der Waals surface area contributed by atoms with Crippen LogP contribution in [0.5, 0.6) is 5.75 Å². The Balaban J connectivity index is 1.62. The summed E-state index contributed by atoms with van der Waals surface area (Å²) >= 11 is 1.60. The van der Waals surface area contributed by atoms with Crippen LogP contribution in [-0.4, -0.2) is 18.0 Å². The molecule has 1 heterocycles. The molecule has 0 unspecified atom stereocenters. The van der Waals surface area contributed by atoms with Crippen LogP contribution in [0.25, 0.3) is 10.2 Å². The topological polar surface area (TPSA) is 51.2 Å². The molecule has 1 N–H and O–H groups in total. The van der Waals surface area contributed by atoms with Gasteiger partial charge in [-0.15, -0.1) is 11.3 Å². The first-order valence-electron chi connectivity index (χ1n) is 6.99. The molecule has 1 aromatic heterocycles. The first kappa shape index (κ1) is 14.5. The van der Waals surface area contributed by atoms with Crippen LogP contribution in [0, 0.1) is 0 Å². The number of nitrogens with one attached hydrogen (secondary N) is 1. The van der Waals surface area contributed by atoms with Gasteiger partial charge in [0.1, 0.15) is 10.8 Å². The second-order valence-electron chi connectivity index (χ2n) is 4.84. The van der Waals surface area contributed by atoms with Gasteiger partial charge in [-0.05, 0) is 18.2 Å². The number of ether oxygens (including phenoxy) is 1. The van der Waals surface area contributed by atoms with Gasteiger partial charge < -0.3 is 10.1 Å². The van der Waals surface area contributed by atoms with Crippen LogP contribution in [0.1, 0.15) is 10.6 Å². The summed E-state index contributed by atoms with van der Waals surface area (Å²) in [5, 5.41) is 3.82. The van der Waals surface area contributed by atoms with E-state index in [1.54, 1.807) is 18.4 Å². The smallest absolute Gasteiger partial charge is 0.224 e.